The van der Waals surface area contributed by atoms with E-state index >= 15 is 0 Å². The number of benzene rings is 2. The second kappa shape index (κ2) is 5.74. The smallest absolute Gasteiger partial charge is 0.276 e. The van der Waals surface area contributed by atoms with E-state index in [2.05, 4.69) is 31.2 Å². The Labute approximate surface area is 132 Å². The van der Waals surface area contributed by atoms with Crippen LogP contribution in [-0.2, 0) is 0 Å². The second-order valence-corrected chi connectivity index (χ2v) is 5.40. The van der Waals surface area contributed by atoms with Crippen LogP contribution in [0.2, 0.25) is 0 Å². The minimum Gasteiger partial charge on any atom is -0.352 e. The maximum absolute atomic E-state index is 14.6. The fourth-order valence-electron chi connectivity index (χ4n) is 2.08. The van der Waals surface area contributed by atoms with Gasteiger partial charge in [-0.2, -0.15) is 0 Å². The van der Waals surface area contributed by atoms with E-state index in [9.17, 15) is 9.18 Å². The van der Waals surface area contributed by atoms with Crippen molar-refractivity contribution in [1.29, 1.82) is 0 Å². The highest BCUT2D eigenvalue weighted by molar-refractivity contribution is 9.10. The summed E-state index contributed by atoms with van der Waals surface area (Å²) in [6, 6.07) is 8.41. The molecular formula is C14H10BrFN4O2. The molecule has 1 heterocycles. The van der Waals surface area contributed by atoms with Gasteiger partial charge in [-0.15, -0.1) is 0 Å². The average Bonchev–Trinajstić information content (AvgIpc) is 3.00. The molecule has 22 heavy (non-hydrogen) atoms. The van der Waals surface area contributed by atoms with Gasteiger partial charge in [-0.1, -0.05) is 15.9 Å². The number of fused-ring (bicyclic) bond motifs is 1. The van der Waals surface area contributed by atoms with E-state index in [1.165, 1.54) is 17.9 Å². The number of aromatic amines is 1. The molecule has 1 aromatic heterocycles. The lowest BCUT2D eigenvalue weighted by molar-refractivity contribution is 0.0707. The first-order valence-electron chi connectivity index (χ1n) is 6.22. The van der Waals surface area contributed by atoms with Crippen LogP contribution < -0.4 is 10.8 Å². The SMILES string of the molecule is O=C(NO)c1cc2[nH]cnc2c(F)c1Nc1ccc(Br)cc1. The van der Waals surface area contributed by atoms with E-state index in [0.717, 1.165) is 4.47 Å². The summed E-state index contributed by atoms with van der Waals surface area (Å²) in [6.45, 7) is 0. The van der Waals surface area contributed by atoms with Crippen LogP contribution in [0, 0.1) is 5.82 Å². The molecule has 0 fully saturated rings. The summed E-state index contributed by atoms with van der Waals surface area (Å²) in [5, 5.41) is 11.7. The number of carbonyl (C=O) groups is 1. The van der Waals surface area contributed by atoms with Gasteiger partial charge in [0.15, 0.2) is 5.82 Å². The van der Waals surface area contributed by atoms with Crippen LogP contribution in [0.25, 0.3) is 11.0 Å². The van der Waals surface area contributed by atoms with Gasteiger partial charge >= 0.3 is 0 Å². The highest BCUT2D eigenvalue weighted by Gasteiger charge is 2.20. The molecule has 4 N–H and O–H groups in total. The number of amides is 1. The van der Waals surface area contributed by atoms with Crippen LogP contribution in [0.1, 0.15) is 10.4 Å². The van der Waals surface area contributed by atoms with E-state index in [1.807, 2.05) is 0 Å². The third kappa shape index (κ3) is 2.53. The Bertz CT molecular complexity index is 848. The normalized spacial score (nSPS) is 10.7. The van der Waals surface area contributed by atoms with Crippen molar-refractivity contribution in [2.24, 2.45) is 0 Å². The van der Waals surface area contributed by atoms with Crippen molar-refractivity contribution in [3.8, 4) is 0 Å². The first kappa shape index (κ1) is 14.5. The Balaban J connectivity index is 2.14. The standard InChI is InChI=1S/C14H10BrFN4O2/c15-7-1-3-8(4-2-7)19-12-9(14(21)20-22)5-10-13(11(12)16)18-6-17-10/h1-6,19,22H,(H,17,18)(H,20,21). The quantitative estimate of drug-likeness (QED) is 0.423. The van der Waals surface area contributed by atoms with Crippen LogP contribution in [-0.4, -0.2) is 21.1 Å². The van der Waals surface area contributed by atoms with Crippen LogP contribution >= 0.6 is 15.9 Å². The number of aromatic nitrogens is 2. The van der Waals surface area contributed by atoms with Crippen molar-refractivity contribution in [2.45, 2.75) is 0 Å². The Morgan fingerprint density at radius 1 is 1.32 bits per heavy atom. The molecule has 0 aliphatic heterocycles. The minimum atomic E-state index is -0.824. The maximum Gasteiger partial charge on any atom is 0.276 e. The lowest BCUT2D eigenvalue weighted by Crippen LogP contribution is -2.20. The topological polar surface area (TPSA) is 90.0 Å². The van der Waals surface area contributed by atoms with E-state index in [-0.39, 0.29) is 16.8 Å². The highest BCUT2D eigenvalue weighted by Crippen LogP contribution is 2.30. The molecule has 8 heteroatoms. The molecule has 0 atom stereocenters. The molecule has 0 aliphatic rings. The maximum atomic E-state index is 14.6. The third-order valence-corrected chi connectivity index (χ3v) is 3.64. The highest BCUT2D eigenvalue weighted by atomic mass is 79.9. The number of hydroxylamine groups is 1. The van der Waals surface area contributed by atoms with Crippen molar-refractivity contribution in [1.82, 2.24) is 15.4 Å². The molecule has 1 amide bonds. The number of carbonyl (C=O) groups excluding carboxylic acids is 1. The molecular weight excluding hydrogens is 355 g/mol. The van der Waals surface area contributed by atoms with Gasteiger partial charge in [0, 0.05) is 10.2 Å². The molecule has 3 aromatic rings. The second-order valence-electron chi connectivity index (χ2n) is 4.48. The van der Waals surface area contributed by atoms with Crippen LogP contribution in [0.15, 0.2) is 41.1 Å². The molecule has 2 aromatic carbocycles. The molecule has 0 radical (unpaired) electrons. The Morgan fingerprint density at radius 3 is 2.73 bits per heavy atom. The molecule has 112 valence electrons. The minimum absolute atomic E-state index is 0.0420. The number of hydrogen-bond donors (Lipinski definition) is 4. The Morgan fingerprint density at radius 2 is 2.05 bits per heavy atom. The van der Waals surface area contributed by atoms with Gasteiger partial charge in [0.1, 0.15) is 5.52 Å². The van der Waals surface area contributed by atoms with E-state index < -0.39 is 11.7 Å². The van der Waals surface area contributed by atoms with Crippen molar-refractivity contribution in [2.75, 3.05) is 5.32 Å². The Hall–Kier alpha value is -2.45. The summed E-state index contributed by atoms with van der Waals surface area (Å²) >= 11 is 3.31. The summed E-state index contributed by atoms with van der Waals surface area (Å²) < 4.78 is 15.5. The summed E-state index contributed by atoms with van der Waals surface area (Å²) in [4.78, 5) is 18.4. The van der Waals surface area contributed by atoms with Gasteiger partial charge in [-0.25, -0.2) is 14.9 Å². The van der Waals surface area contributed by atoms with E-state index in [4.69, 9.17) is 5.21 Å². The largest absolute Gasteiger partial charge is 0.352 e. The summed E-state index contributed by atoms with van der Waals surface area (Å²) in [6.07, 6.45) is 1.33. The zero-order valence-corrected chi connectivity index (χ0v) is 12.6. The molecule has 0 saturated heterocycles. The predicted molar refractivity (Wildman–Crippen MR) is 82.7 cm³/mol. The van der Waals surface area contributed by atoms with E-state index in [0.29, 0.717) is 11.2 Å². The van der Waals surface area contributed by atoms with Gasteiger partial charge in [0.05, 0.1) is 23.1 Å². The van der Waals surface area contributed by atoms with Crippen LogP contribution in [0.3, 0.4) is 0 Å². The number of imidazole rings is 1. The lowest BCUT2D eigenvalue weighted by atomic mass is 10.1. The van der Waals surface area contributed by atoms with Crippen molar-refractivity contribution in [3.63, 3.8) is 0 Å². The lowest BCUT2D eigenvalue weighted by Gasteiger charge is -2.12. The van der Waals surface area contributed by atoms with Gasteiger partial charge in [0.2, 0.25) is 0 Å². The van der Waals surface area contributed by atoms with Crippen LogP contribution in [0.4, 0.5) is 15.8 Å². The fourth-order valence-corrected chi connectivity index (χ4v) is 2.35. The van der Waals surface area contributed by atoms with Crippen LogP contribution in [0.5, 0.6) is 0 Å². The zero-order valence-electron chi connectivity index (χ0n) is 11.0. The molecule has 3 rings (SSSR count). The molecule has 0 unspecified atom stereocenters. The number of nitrogens with zero attached hydrogens (tertiary/aromatic N) is 1. The van der Waals surface area contributed by atoms with Gasteiger partial charge in [0.25, 0.3) is 5.91 Å². The third-order valence-electron chi connectivity index (χ3n) is 3.11. The molecule has 0 aliphatic carbocycles. The number of halogens is 2. The fraction of sp³-hybridized carbons (Fsp3) is 0. The van der Waals surface area contributed by atoms with Crippen molar-refractivity contribution < 1.29 is 14.4 Å². The number of H-pyrrole nitrogens is 1. The van der Waals surface area contributed by atoms with Gasteiger partial charge in [-0.3, -0.25) is 10.0 Å². The summed E-state index contributed by atoms with van der Waals surface area (Å²) in [5.74, 6) is -1.50. The number of anilines is 2. The predicted octanol–water partition coefficient (Wildman–Crippen LogP) is 3.33. The Kier molecular flexibility index (Phi) is 3.78. The van der Waals surface area contributed by atoms with Gasteiger partial charge < -0.3 is 10.3 Å². The van der Waals surface area contributed by atoms with Crippen molar-refractivity contribution >= 4 is 44.2 Å². The molecule has 0 saturated carbocycles. The molecule has 0 bridgehead atoms. The average molecular weight is 365 g/mol. The monoisotopic (exact) mass is 364 g/mol. The zero-order chi connectivity index (χ0) is 15.7. The van der Waals surface area contributed by atoms with Gasteiger partial charge in [-0.05, 0) is 30.3 Å². The number of hydrogen-bond acceptors (Lipinski definition) is 4. The van der Waals surface area contributed by atoms with Crippen molar-refractivity contribution in [3.05, 3.63) is 52.5 Å². The first-order valence-corrected chi connectivity index (χ1v) is 7.02. The first-order chi connectivity index (χ1) is 10.6. The molecule has 0 spiro atoms. The summed E-state index contributed by atoms with van der Waals surface area (Å²) in [7, 11) is 0. The van der Waals surface area contributed by atoms with E-state index in [1.54, 1.807) is 24.3 Å². The summed E-state index contributed by atoms with van der Waals surface area (Å²) in [5.41, 5.74) is 2.46. The molecule has 6 nitrogen and oxygen atoms in total. The number of rotatable bonds is 3. The number of nitrogens with one attached hydrogen (secondary N) is 3.